The highest BCUT2D eigenvalue weighted by molar-refractivity contribution is 7.18. The Bertz CT molecular complexity index is 1270. The molecule has 0 fully saturated rings. The van der Waals surface area contributed by atoms with Gasteiger partial charge in [-0.3, -0.25) is 0 Å². The Morgan fingerprint density at radius 1 is 0.432 bits per heavy atom. The molecule has 194 valence electrons. The lowest BCUT2D eigenvalue weighted by Gasteiger charge is -1.97. The summed E-state index contributed by atoms with van der Waals surface area (Å²) in [7, 11) is 0. The Balaban J connectivity index is 1.22. The molecule has 0 unspecified atom stereocenters. The number of aryl methyl sites for hydroxylation is 2. The van der Waals surface area contributed by atoms with E-state index in [2.05, 4.69) is 84.5 Å². The highest BCUT2D eigenvalue weighted by Gasteiger charge is 2.12. The summed E-state index contributed by atoms with van der Waals surface area (Å²) in [6, 6.07) is 22.5. The molecule has 2 nitrogen and oxygen atoms in total. The second-order valence-electron chi connectivity index (χ2n) is 9.89. The zero-order valence-electron chi connectivity index (χ0n) is 22.1. The third-order valence-electron chi connectivity index (χ3n) is 6.92. The van der Waals surface area contributed by atoms with E-state index in [-0.39, 0.29) is 0 Å². The largest absolute Gasteiger partial charge is 0.353 e. The molecule has 5 aromatic rings. The van der Waals surface area contributed by atoms with Gasteiger partial charge in [0.15, 0.2) is 0 Å². The van der Waals surface area contributed by atoms with Crippen molar-refractivity contribution < 1.29 is 0 Å². The number of rotatable bonds is 14. The van der Waals surface area contributed by atoms with Crippen molar-refractivity contribution in [2.75, 3.05) is 0 Å². The van der Waals surface area contributed by atoms with Gasteiger partial charge in [0.1, 0.15) is 0 Å². The SMILES string of the molecule is CCCCCCc1ccc(-c2ccc(-c3ccc(-c4ccc(-c5ccc(CCCCCC)s5)[nH]4)s3)[nH]2)s1. The molecule has 37 heavy (non-hydrogen) atoms. The second-order valence-corrected chi connectivity index (χ2v) is 13.3. The summed E-state index contributed by atoms with van der Waals surface area (Å²) in [6.07, 6.45) is 13.0. The van der Waals surface area contributed by atoms with Crippen LogP contribution in [0.15, 0.2) is 60.7 Å². The van der Waals surface area contributed by atoms with Crippen molar-refractivity contribution in [1.29, 1.82) is 0 Å². The average molecular weight is 547 g/mol. The van der Waals surface area contributed by atoms with Crippen molar-refractivity contribution in [3.05, 3.63) is 70.4 Å². The molecule has 0 saturated carbocycles. The lowest BCUT2D eigenvalue weighted by atomic mass is 10.1. The monoisotopic (exact) mass is 546 g/mol. The Labute approximate surface area is 233 Å². The van der Waals surface area contributed by atoms with Gasteiger partial charge in [0.25, 0.3) is 0 Å². The molecule has 5 heterocycles. The maximum Gasteiger partial charge on any atom is 0.0560 e. The van der Waals surface area contributed by atoms with Gasteiger partial charge in [0.05, 0.1) is 42.3 Å². The maximum absolute atomic E-state index is 3.67. The van der Waals surface area contributed by atoms with Crippen LogP contribution in [0.25, 0.3) is 42.3 Å². The topological polar surface area (TPSA) is 31.6 Å². The van der Waals surface area contributed by atoms with Crippen LogP contribution < -0.4 is 0 Å². The van der Waals surface area contributed by atoms with Crippen molar-refractivity contribution in [1.82, 2.24) is 9.97 Å². The highest BCUT2D eigenvalue weighted by Crippen LogP contribution is 2.37. The number of unbranched alkanes of at least 4 members (excludes halogenated alkanes) is 6. The Morgan fingerprint density at radius 3 is 1.22 bits per heavy atom. The minimum Gasteiger partial charge on any atom is -0.353 e. The standard InChI is InChI=1S/C32H38N2S3/c1-3-5-7-9-11-23-13-19-29(35-23)25-15-17-27(33-25)31-21-22-32(37-31)28-18-16-26(34-28)30-20-14-24(36-30)12-10-8-6-4-2/h13-22,33-34H,3-12H2,1-2H3. The van der Waals surface area contributed by atoms with Crippen LogP contribution in [0.2, 0.25) is 0 Å². The zero-order chi connectivity index (χ0) is 25.5. The number of aromatic nitrogens is 2. The number of hydrogen-bond donors (Lipinski definition) is 2. The molecule has 0 aromatic carbocycles. The lowest BCUT2D eigenvalue weighted by Crippen LogP contribution is -1.80. The first-order valence-corrected chi connectivity index (χ1v) is 16.3. The quantitative estimate of drug-likeness (QED) is 0.130. The van der Waals surface area contributed by atoms with Gasteiger partial charge in [-0.05, 0) is 86.3 Å². The van der Waals surface area contributed by atoms with Gasteiger partial charge in [-0.2, -0.15) is 0 Å². The van der Waals surface area contributed by atoms with E-state index in [1.807, 2.05) is 34.0 Å². The summed E-state index contributed by atoms with van der Waals surface area (Å²) in [5, 5.41) is 0. The van der Waals surface area contributed by atoms with Crippen molar-refractivity contribution >= 4 is 34.0 Å². The van der Waals surface area contributed by atoms with E-state index in [0.717, 1.165) is 0 Å². The fourth-order valence-corrected chi connectivity index (χ4v) is 7.79. The first-order valence-electron chi connectivity index (χ1n) is 13.9. The fraction of sp³-hybridized carbons (Fsp3) is 0.375. The molecule has 0 atom stereocenters. The van der Waals surface area contributed by atoms with E-state index >= 15 is 0 Å². The number of thiophene rings is 3. The first kappa shape index (κ1) is 26.3. The number of hydrogen-bond acceptors (Lipinski definition) is 3. The van der Waals surface area contributed by atoms with Crippen LogP contribution in [0.3, 0.4) is 0 Å². The molecule has 0 saturated heterocycles. The molecule has 0 bridgehead atoms. The van der Waals surface area contributed by atoms with E-state index in [1.165, 1.54) is 116 Å². The van der Waals surface area contributed by atoms with Gasteiger partial charge in [0, 0.05) is 9.75 Å². The molecular weight excluding hydrogens is 509 g/mol. The predicted molar refractivity (Wildman–Crippen MR) is 166 cm³/mol. The molecule has 2 N–H and O–H groups in total. The maximum atomic E-state index is 3.67. The van der Waals surface area contributed by atoms with Crippen LogP contribution in [0.5, 0.6) is 0 Å². The minimum atomic E-state index is 1.20. The third kappa shape index (κ3) is 6.76. The molecule has 5 rings (SSSR count). The van der Waals surface area contributed by atoms with E-state index < -0.39 is 0 Å². The summed E-state index contributed by atoms with van der Waals surface area (Å²) in [6.45, 7) is 4.54. The molecular formula is C32H38N2S3. The Morgan fingerprint density at radius 2 is 0.811 bits per heavy atom. The Hall–Kier alpha value is -2.34. The molecule has 0 aliphatic rings. The predicted octanol–water partition coefficient (Wildman–Crippen LogP) is 11.4. The summed E-state index contributed by atoms with van der Waals surface area (Å²) < 4.78 is 0. The van der Waals surface area contributed by atoms with Crippen LogP contribution >= 0.6 is 34.0 Å². The van der Waals surface area contributed by atoms with Crippen molar-refractivity contribution in [3.63, 3.8) is 0 Å². The van der Waals surface area contributed by atoms with E-state index in [0.29, 0.717) is 0 Å². The van der Waals surface area contributed by atoms with Gasteiger partial charge < -0.3 is 9.97 Å². The molecule has 0 aliphatic heterocycles. The van der Waals surface area contributed by atoms with Crippen molar-refractivity contribution in [2.45, 2.75) is 78.1 Å². The van der Waals surface area contributed by atoms with E-state index in [4.69, 9.17) is 0 Å². The van der Waals surface area contributed by atoms with Crippen LogP contribution in [-0.4, -0.2) is 9.97 Å². The highest BCUT2D eigenvalue weighted by atomic mass is 32.1. The molecule has 0 radical (unpaired) electrons. The van der Waals surface area contributed by atoms with Crippen LogP contribution in [-0.2, 0) is 12.8 Å². The van der Waals surface area contributed by atoms with Crippen LogP contribution in [0.1, 0.15) is 75.0 Å². The van der Waals surface area contributed by atoms with E-state index in [1.54, 1.807) is 0 Å². The van der Waals surface area contributed by atoms with Gasteiger partial charge in [-0.15, -0.1) is 34.0 Å². The number of aromatic amines is 2. The van der Waals surface area contributed by atoms with Gasteiger partial charge in [0.2, 0.25) is 0 Å². The molecule has 0 spiro atoms. The molecule has 0 aliphatic carbocycles. The van der Waals surface area contributed by atoms with Crippen LogP contribution in [0.4, 0.5) is 0 Å². The zero-order valence-corrected chi connectivity index (χ0v) is 24.5. The van der Waals surface area contributed by atoms with Gasteiger partial charge >= 0.3 is 0 Å². The smallest absolute Gasteiger partial charge is 0.0560 e. The van der Waals surface area contributed by atoms with Crippen molar-refractivity contribution in [3.8, 4) is 42.3 Å². The van der Waals surface area contributed by atoms with E-state index in [9.17, 15) is 0 Å². The molecule has 0 amide bonds. The van der Waals surface area contributed by atoms with Gasteiger partial charge in [-0.1, -0.05) is 52.4 Å². The molecule has 5 aromatic heterocycles. The molecule has 5 heteroatoms. The number of H-pyrrole nitrogens is 2. The van der Waals surface area contributed by atoms with Crippen LogP contribution in [0, 0.1) is 0 Å². The van der Waals surface area contributed by atoms with Gasteiger partial charge in [-0.25, -0.2) is 0 Å². The summed E-state index contributed by atoms with van der Waals surface area (Å²) in [5.74, 6) is 0. The Kier molecular flexibility index (Phi) is 9.19. The van der Waals surface area contributed by atoms with Crippen molar-refractivity contribution in [2.24, 2.45) is 0 Å². The fourth-order valence-electron chi connectivity index (χ4n) is 4.76. The summed E-state index contributed by atoms with van der Waals surface area (Å²) in [5.41, 5.74) is 4.84. The third-order valence-corrected chi connectivity index (χ3v) is 10.4. The average Bonchev–Trinajstić information content (AvgIpc) is 3.73. The second kappa shape index (κ2) is 12.9. The summed E-state index contributed by atoms with van der Waals surface area (Å²) >= 11 is 5.70. The first-order chi connectivity index (χ1) is 18.2. The summed E-state index contributed by atoms with van der Waals surface area (Å²) in [4.78, 5) is 15.6. The number of nitrogens with one attached hydrogen (secondary N) is 2. The lowest BCUT2D eigenvalue weighted by molar-refractivity contribution is 0.670. The minimum absolute atomic E-state index is 1.20. The normalized spacial score (nSPS) is 11.5.